The Hall–Kier alpha value is -2.76. The fourth-order valence-electron chi connectivity index (χ4n) is 3.47. The number of fused-ring (bicyclic) bond motifs is 2. The number of nitrogens with one attached hydrogen (secondary N) is 1. The van der Waals surface area contributed by atoms with Gasteiger partial charge in [-0.2, -0.15) is 0 Å². The summed E-state index contributed by atoms with van der Waals surface area (Å²) in [6.45, 7) is 6.59. The van der Waals surface area contributed by atoms with Crippen LogP contribution < -0.4 is 5.32 Å². The van der Waals surface area contributed by atoms with Gasteiger partial charge in [0, 0.05) is 24.4 Å². The molecule has 0 saturated heterocycles. The van der Waals surface area contributed by atoms with Crippen molar-refractivity contribution >= 4 is 16.8 Å². The van der Waals surface area contributed by atoms with Gasteiger partial charge in [-0.25, -0.2) is 0 Å². The summed E-state index contributed by atoms with van der Waals surface area (Å²) in [5, 5.41) is 12.4. The molecule has 1 aliphatic heterocycles. The number of carbonyl (C=O) groups is 1. The van der Waals surface area contributed by atoms with Gasteiger partial charge in [0.05, 0.1) is 16.8 Å². The van der Waals surface area contributed by atoms with Gasteiger partial charge in [0.15, 0.2) is 0 Å². The molecule has 1 unspecified atom stereocenters. The van der Waals surface area contributed by atoms with E-state index >= 15 is 0 Å². The van der Waals surface area contributed by atoms with Crippen molar-refractivity contribution in [3.63, 3.8) is 0 Å². The lowest BCUT2D eigenvalue weighted by Crippen LogP contribution is -2.41. The first-order valence-corrected chi connectivity index (χ1v) is 8.59. The number of aromatic nitrogens is 4. The van der Waals surface area contributed by atoms with Crippen LogP contribution in [0.25, 0.3) is 10.9 Å². The number of hydrogen-bond acceptors (Lipinski definition) is 4. The quantitative estimate of drug-likeness (QED) is 0.781. The Labute approximate surface area is 146 Å². The highest BCUT2D eigenvalue weighted by Crippen LogP contribution is 2.19. The molecule has 0 saturated carbocycles. The minimum absolute atomic E-state index is 0.0624. The molecule has 0 fully saturated rings. The van der Waals surface area contributed by atoms with Crippen LogP contribution in [-0.4, -0.2) is 31.7 Å². The number of rotatable bonds is 2. The largest absolute Gasteiger partial charge is 0.347 e. The number of amides is 1. The molecule has 0 aliphatic carbocycles. The Bertz CT molecular complexity index is 975. The molecule has 1 aromatic carbocycles. The van der Waals surface area contributed by atoms with Crippen molar-refractivity contribution in [3.8, 4) is 0 Å². The highest BCUT2D eigenvalue weighted by molar-refractivity contribution is 5.98. The molecule has 4 rings (SSSR count). The third-order valence-electron chi connectivity index (χ3n) is 4.87. The third-order valence-corrected chi connectivity index (χ3v) is 4.87. The van der Waals surface area contributed by atoms with Crippen molar-refractivity contribution in [1.29, 1.82) is 0 Å². The van der Waals surface area contributed by atoms with Crippen LogP contribution in [0.5, 0.6) is 0 Å². The lowest BCUT2D eigenvalue weighted by atomic mass is 10.0. The highest BCUT2D eigenvalue weighted by atomic mass is 16.1. The van der Waals surface area contributed by atoms with E-state index in [4.69, 9.17) is 0 Å². The van der Waals surface area contributed by atoms with E-state index < -0.39 is 0 Å². The molecule has 25 heavy (non-hydrogen) atoms. The van der Waals surface area contributed by atoms with Crippen LogP contribution in [0.3, 0.4) is 0 Å². The van der Waals surface area contributed by atoms with Crippen LogP contribution in [0.1, 0.15) is 39.7 Å². The van der Waals surface area contributed by atoms with Crippen LogP contribution in [0.2, 0.25) is 0 Å². The van der Waals surface area contributed by atoms with Crippen molar-refractivity contribution in [2.45, 2.75) is 46.2 Å². The smallest absolute Gasteiger partial charge is 0.253 e. The summed E-state index contributed by atoms with van der Waals surface area (Å²) >= 11 is 0. The molecule has 3 heterocycles. The first-order valence-electron chi connectivity index (χ1n) is 8.59. The fraction of sp³-hybridized carbons (Fsp3) is 0.368. The number of pyridine rings is 1. The second-order valence-corrected chi connectivity index (χ2v) is 6.80. The summed E-state index contributed by atoms with van der Waals surface area (Å²) in [6.07, 6.45) is 1.71. The maximum atomic E-state index is 12.8. The molecule has 0 spiro atoms. The molecule has 1 amide bonds. The summed E-state index contributed by atoms with van der Waals surface area (Å²) in [5.74, 6) is 1.84. The predicted molar refractivity (Wildman–Crippen MR) is 95.6 cm³/mol. The third kappa shape index (κ3) is 2.88. The topological polar surface area (TPSA) is 72.7 Å². The first kappa shape index (κ1) is 15.7. The molecule has 1 aliphatic rings. The molecule has 0 bridgehead atoms. The van der Waals surface area contributed by atoms with Crippen LogP contribution >= 0.6 is 0 Å². The SMILES string of the molecule is Cc1ccc2nc(C)c(C(=O)NC3CCc4nnc(C)n4C3)cc2c1. The second kappa shape index (κ2) is 5.95. The molecular weight excluding hydrogens is 314 g/mol. The van der Waals surface area contributed by atoms with Gasteiger partial charge in [-0.15, -0.1) is 10.2 Å². The lowest BCUT2D eigenvalue weighted by Gasteiger charge is -2.25. The zero-order valence-corrected chi connectivity index (χ0v) is 14.7. The van der Waals surface area contributed by atoms with E-state index in [-0.39, 0.29) is 11.9 Å². The summed E-state index contributed by atoms with van der Waals surface area (Å²) in [6, 6.07) is 8.12. The molecule has 6 heteroatoms. The zero-order valence-electron chi connectivity index (χ0n) is 14.7. The van der Waals surface area contributed by atoms with Crippen molar-refractivity contribution in [3.05, 3.63) is 52.7 Å². The average Bonchev–Trinajstić information content (AvgIpc) is 2.95. The second-order valence-electron chi connectivity index (χ2n) is 6.80. The van der Waals surface area contributed by atoms with Gasteiger partial charge < -0.3 is 9.88 Å². The fourth-order valence-corrected chi connectivity index (χ4v) is 3.47. The Kier molecular flexibility index (Phi) is 3.75. The molecule has 1 atom stereocenters. The van der Waals surface area contributed by atoms with Crippen LogP contribution in [0.15, 0.2) is 24.3 Å². The number of nitrogens with zero attached hydrogens (tertiary/aromatic N) is 4. The van der Waals surface area contributed by atoms with Crippen molar-refractivity contribution in [1.82, 2.24) is 25.1 Å². The number of aryl methyl sites for hydroxylation is 4. The normalized spacial score (nSPS) is 16.7. The minimum atomic E-state index is -0.0624. The Morgan fingerprint density at radius 3 is 2.88 bits per heavy atom. The molecular formula is C19H21N5O. The Morgan fingerprint density at radius 2 is 2.04 bits per heavy atom. The summed E-state index contributed by atoms with van der Waals surface area (Å²) in [7, 11) is 0. The van der Waals surface area contributed by atoms with Gasteiger partial charge in [-0.1, -0.05) is 11.6 Å². The molecule has 6 nitrogen and oxygen atoms in total. The Morgan fingerprint density at radius 1 is 1.20 bits per heavy atom. The number of carbonyl (C=O) groups excluding carboxylic acids is 1. The monoisotopic (exact) mass is 335 g/mol. The van der Waals surface area contributed by atoms with E-state index in [1.54, 1.807) is 0 Å². The van der Waals surface area contributed by atoms with Gasteiger partial charge in [-0.3, -0.25) is 9.78 Å². The zero-order chi connectivity index (χ0) is 17.6. The van der Waals surface area contributed by atoms with E-state index in [1.807, 2.05) is 39.0 Å². The lowest BCUT2D eigenvalue weighted by molar-refractivity contribution is 0.0926. The van der Waals surface area contributed by atoms with E-state index in [9.17, 15) is 4.79 Å². The van der Waals surface area contributed by atoms with Gasteiger partial charge in [0.2, 0.25) is 0 Å². The van der Waals surface area contributed by atoms with Crippen LogP contribution in [0, 0.1) is 20.8 Å². The number of hydrogen-bond donors (Lipinski definition) is 1. The highest BCUT2D eigenvalue weighted by Gasteiger charge is 2.24. The van der Waals surface area contributed by atoms with Gasteiger partial charge in [0.25, 0.3) is 5.91 Å². The van der Waals surface area contributed by atoms with E-state index in [1.165, 1.54) is 0 Å². The Balaban J connectivity index is 1.58. The molecule has 0 radical (unpaired) electrons. The van der Waals surface area contributed by atoms with Crippen LogP contribution in [0.4, 0.5) is 0 Å². The van der Waals surface area contributed by atoms with Gasteiger partial charge in [0.1, 0.15) is 11.6 Å². The predicted octanol–water partition coefficient (Wildman–Crippen LogP) is 2.50. The van der Waals surface area contributed by atoms with Crippen molar-refractivity contribution in [2.24, 2.45) is 0 Å². The molecule has 128 valence electrons. The van der Waals surface area contributed by atoms with E-state index in [0.29, 0.717) is 5.56 Å². The number of benzene rings is 1. The van der Waals surface area contributed by atoms with Crippen molar-refractivity contribution in [2.75, 3.05) is 0 Å². The average molecular weight is 335 g/mol. The van der Waals surface area contributed by atoms with E-state index in [0.717, 1.165) is 53.2 Å². The maximum absolute atomic E-state index is 12.8. The first-order chi connectivity index (χ1) is 12.0. The van der Waals surface area contributed by atoms with Crippen molar-refractivity contribution < 1.29 is 4.79 Å². The van der Waals surface area contributed by atoms with Crippen LogP contribution in [-0.2, 0) is 13.0 Å². The van der Waals surface area contributed by atoms with Gasteiger partial charge in [-0.05, 0) is 45.4 Å². The van der Waals surface area contributed by atoms with Gasteiger partial charge >= 0.3 is 0 Å². The standard InChI is InChI=1S/C19H21N5O/c1-11-4-6-17-14(8-11)9-16(12(2)20-17)19(25)21-15-5-7-18-23-22-13(3)24(18)10-15/h4,6,8-9,15H,5,7,10H2,1-3H3,(H,21,25). The van der Waals surface area contributed by atoms with E-state index in [2.05, 4.69) is 31.1 Å². The summed E-state index contributed by atoms with van der Waals surface area (Å²) < 4.78 is 2.09. The minimum Gasteiger partial charge on any atom is -0.347 e. The molecule has 2 aromatic heterocycles. The molecule has 1 N–H and O–H groups in total. The maximum Gasteiger partial charge on any atom is 0.253 e. The summed E-state index contributed by atoms with van der Waals surface area (Å²) in [5.41, 5.74) is 3.48. The summed E-state index contributed by atoms with van der Waals surface area (Å²) in [4.78, 5) is 17.4. The molecule has 3 aromatic rings.